The highest BCUT2D eigenvalue weighted by Crippen LogP contribution is 2.40. The van der Waals surface area contributed by atoms with Gasteiger partial charge in [0.25, 0.3) is 11.8 Å². The van der Waals surface area contributed by atoms with Crippen LogP contribution in [0.2, 0.25) is 0 Å². The van der Waals surface area contributed by atoms with Gasteiger partial charge in [0.1, 0.15) is 19.1 Å². The predicted octanol–water partition coefficient (Wildman–Crippen LogP) is 2.84. The summed E-state index contributed by atoms with van der Waals surface area (Å²) in [5, 5.41) is 8.09. The van der Waals surface area contributed by atoms with Gasteiger partial charge in [0.15, 0.2) is 11.7 Å². The van der Waals surface area contributed by atoms with Crippen molar-refractivity contribution in [2.75, 3.05) is 16.7 Å². The molecule has 0 N–H and O–H groups in total. The second-order valence-corrected chi connectivity index (χ2v) is 7.81. The van der Waals surface area contributed by atoms with Crippen LogP contribution in [-0.4, -0.2) is 37.8 Å². The minimum atomic E-state index is -0.160. The van der Waals surface area contributed by atoms with Gasteiger partial charge >= 0.3 is 0 Å². The van der Waals surface area contributed by atoms with Crippen LogP contribution in [0.1, 0.15) is 44.2 Å². The smallest absolute Gasteiger partial charge is 0.287 e. The molecule has 0 aliphatic carbocycles. The van der Waals surface area contributed by atoms with Crippen molar-refractivity contribution < 1.29 is 9.26 Å². The van der Waals surface area contributed by atoms with Crippen molar-refractivity contribution in [3.05, 3.63) is 48.2 Å². The van der Waals surface area contributed by atoms with Gasteiger partial charge < -0.3 is 9.26 Å². The standard InChI is InChI=1S/C19H19N7O2/c1-19(2)8-7-14(27-19)17-22-18(23-28-17)25-11-21-16-12-5-3-4-6-13(12)24-10-20-9-15(24)26(16)25/h3-6,9-10,14H,7-8,11H2,1-2H3. The third-order valence-electron chi connectivity index (χ3n) is 5.44. The van der Waals surface area contributed by atoms with Crippen LogP contribution in [0, 0.1) is 0 Å². The molecule has 6 rings (SSSR count). The van der Waals surface area contributed by atoms with Crippen molar-refractivity contribution in [1.29, 1.82) is 0 Å². The number of aliphatic imine (C=N–C) groups is 1. The van der Waals surface area contributed by atoms with Crippen LogP contribution < -0.4 is 10.0 Å². The van der Waals surface area contributed by atoms with Gasteiger partial charge in [-0.15, -0.1) is 0 Å². The number of anilines is 2. The summed E-state index contributed by atoms with van der Waals surface area (Å²) in [7, 11) is 0. The number of imidazole rings is 1. The first-order valence-electron chi connectivity index (χ1n) is 9.36. The number of hydrogen-bond acceptors (Lipinski definition) is 8. The lowest BCUT2D eigenvalue weighted by molar-refractivity contribution is -0.0292. The third kappa shape index (κ3) is 2.16. The average Bonchev–Trinajstić information content (AvgIpc) is 3.46. The van der Waals surface area contributed by atoms with Crippen molar-refractivity contribution in [3.63, 3.8) is 0 Å². The van der Waals surface area contributed by atoms with Crippen molar-refractivity contribution in [3.8, 4) is 5.69 Å². The van der Waals surface area contributed by atoms with Crippen LogP contribution in [-0.2, 0) is 4.74 Å². The molecule has 1 saturated heterocycles. The molecule has 1 unspecified atom stereocenters. The molecule has 1 fully saturated rings. The van der Waals surface area contributed by atoms with E-state index in [0.717, 1.165) is 35.7 Å². The molecule has 3 aliphatic rings. The summed E-state index contributed by atoms with van der Waals surface area (Å²) in [6, 6.07) is 8.15. The van der Waals surface area contributed by atoms with E-state index in [4.69, 9.17) is 14.3 Å². The first-order chi connectivity index (χ1) is 13.6. The van der Waals surface area contributed by atoms with Gasteiger partial charge in [0.05, 0.1) is 17.5 Å². The van der Waals surface area contributed by atoms with Gasteiger partial charge in [-0.05, 0) is 44.0 Å². The molecule has 28 heavy (non-hydrogen) atoms. The number of benzene rings is 1. The lowest BCUT2D eigenvalue weighted by Gasteiger charge is -2.33. The molecule has 0 spiro atoms. The van der Waals surface area contributed by atoms with Crippen molar-refractivity contribution >= 4 is 17.6 Å². The summed E-state index contributed by atoms with van der Waals surface area (Å²) in [6.45, 7) is 4.57. The minimum absolute atomic E-state index is 0.160. The number of hydrogen-bond donors (Lipinski definition) is 0. The van der Waals surface area contributed by atoms with E-state index in [1.807, 2.05) is 32.9 Å². The Bertz CT molecular complexity index is 1100. The van der Waals surface area contributed by atoms with Crippen LogP contribution in [0.25, 0.3) is 5.69 Å². The zero-order valence-corrected chi connectivity index (χ0v) is 15.6. The van der Waals surface area contributed by atoms with Gasteiger partial charge in [-0.2, -0.15) is 4.98 Å². The van der Waals surface area contributed by atoms with Crippen LogP contribution in [0.15, 0.2) is 46.3 Å². The number of hydrazine groups is 1. The van der Waals surface area contributed by atoms with Crippen molar-refractivity contribution in [1.82, 2.24) is 19.7 Å². The summed E-state index contributed by atoms with van der Waals surface area (Å²) in [5.74, 6) is 2.72. The SMILES string of the molecule is CC1(C)CCC(c2nc(N3CN=C4c5ccccc5-n5cncc5N43)no2)O1. The number of fused-ring (bicyclic) bond motifs is 6. The number of amidine groups is 1. The van der Waals surface area contributed by atoms with Crippen LogP contribution in [0.3, 0.4) is 0 Å². The summed E-state index contributed by atoms with van der Waals surface area (Å²) >= 11 is 0. The number of aromatic nitrogens is 4. The molecule has 5 heterocycles. The van der Waals surface area contributed by atoms with Gasteiger partial charge in [-0.25, -0.2) is 20.0 Å². The highest BCUT2D eigenvalue weighted by atomic mass is 16.5. The molecule has 9 nitrogen and oxygen atoms in total. The van der Waals surface area contributed by atoms with E-state index in [-0.39, 0.29) is 11.7 Å². The number of ether oxygens (including phenoxy) is 1. The Morgan fingerprint density at radius 3 is 2.96 bits per heavy atom. The number of para-hydroxylation sites is 1. The van der Waals surface area contributed by atoms with Gasteiger partial charge in [-0.3, -0.25) is 4.57 Å². The Kier molecular flexibility index (Phi) is 3.06. The van der Waals surface area contributed by atoms with E-state index in [9.17, 15) is 0 Å². The molecule has 0 amide bonds. The van der Waals surface area contributed by atoms with Gasteiger partial charge in [0, 0.05) is 5.56 Å². The summed E-state index contributed by atoms with van der Waals surface area (Å²) in [6.07, 6.45) is 5.30. The monoisotopic (exact) mass is 377 g/mol. The molecular weight excluding hydrogens is 358 g/mol. The molecule has 0 saturated carbocycles. The summed E-state index contributed by atoms with van der Waals surface area (Å²) in [4.78, 5) is 13.7. The zero-order chi connectivity index (χ0) is 18.9. The van der Waals surface area contributed by atoms with Gasteiger partial charge in [-0.1, -0.05) is 12.1 Å². The molecule has 9 heteroatoms. The van der Waals surface area contributed by atoms with E-state index >= 15 is 0 Å². The minimum Gasteiger partial charge on any atom is -0.362 e. The second-order valence-electron chi connectivity index (χ2n) is 7.81. The molecule has 2 aromatic heterocycles. The molecule has 142 valence electrons. The predicted molar refractivity (Wildman–Crippen MR) is 101 cm³/mol. The van der Waals surface area contributed by atoms with Crippen LogP contribution >= 0.6 is 0 Å². The molecule has 0 radical (unpaired) electrons. The molecular formula is C19H19N7O2. The Hall–Kier alpha value is -3.20. The Morgan fingerprint density at radius 1 is 1.21 bits per heavy atom. The van der Waals surface area contributed by atoms with E-state index in [1.165, 1.54) is 0 Å². The summed E-state index contributed by atoms with van der Waals surface area (Å²) < 4.78 is 13.6. The maximum absolute atomic E-state index is 6.04. The first-order valence-corrected chi connectivity index (χ1v) is 9.36. The Morgan fingerprint density at radius 2 is 2.11 bits per heavy atom. The second kappa shape index (κ2) is 5.41. The van der Waals surface area contributed by atoms with Gasteiger partial charge in [0.2, 0.25) is 0 Å². The molecule has 3 aromatic rings. The highest BCUT2D eigenvalue weighted by molar-refractivity contribution is 6.16. The van der Waals surface area contributed by atoms with Crippen LogP contribution in [0.5, 0.6) is 0 Å². The normalized spacial score (nSPS) is 22.1. The van der Waals surface area contributed by atoms with Crippen LogP contribution in [0.4, 0.5) is 11.8 Å². The maximum atomic E-state index is 6.04. The highest BCUT2D eigenvalue weighted by Gasteiger charge is 2.40. The quantitative estimate of drug-likeness (QED) is 0.679. The fraction of sp³-hybridized carbons (Fsp3) is 0.368. The molecule has 3 aliphatic heterocycles. The summed E-state index contributed by atoms with van der Waals surface area (Å²) in [5.41, 5.74) is 1.94. The molecule has 1 aromatic carbocycles. The maximum Gasteiger partial charge on any atom is 0.287 e. The van der Waals surface area contributed by atoms with Crippen molar-refractivity contribution in [2.45, 2.75) is 38.4 Å². The molecule has 1 atom stereocenters. The van der Waals surface area contributed by atoms with E-state index < -0.39 is 0 Å². The lowest BCUT2D eigenvalue weighted by atomic mass is 10.1. The third-order valence-corrected chi connectivity index (χ3v) is 5.44. The zero-order valence-electron chi connectivity index (χ0n) is 15.6. The molecule has 0 bridgehead atoms. The van der Waals surface area contributed by atoms with E-state index in [1.54, 1.807) is 6.33 Å². The largest absolute Gasteiger partial charge is 0.362 e. The fourth-order valence-electron chi connectivity index (χ4n) is 4.08. The fourth-order valence-corrected chi connectivity index (χ4v) is 4.08. The van der Waals surface area contributed by atoms with E-state index in [0.29, 0.717) is 18.5 Å². The first kappa shape index (κ1) is 15.8. The lowest BCUT2D eigenvalue weighted by Crippen LogP contribution is -2.46. The average molecular weight is 377 g/mol. The van der Waals surface area contributed by atoms with E-state index in [2.05, 4.69) is 41.1 Å². The Labute approximate surface area is 161 Å². The topological polar surface area (TPSA) is 84.8 Å². The number of rotatable bonds is 2. The van der Waals surface area contributed by atoms with Crippen molar-refractivity contribution in [2.24, 2.45) is 4.99 Å². The Balaban J connectivity index is 1.37. The number of nitrogens with zero attached hydrogens (tertiary/aromatic N) is 7.